The van der Waals surface area contributed by atoms with E-state index in [-0.39, 0.29) is 0 Å². The minimum atomic E-state index is 0.477. The molecule has 0 radical (unpaired) electrons. The maximum absolute atomic E-state index is 5.95. The Balaban J connectivity index is 1.81. The van der Waals surface area contributed by atoms with Gasteiger partial charge in [-0.3, -0.25) is 4.90 Å². The lowest BCUT2D eigenvalue weighted by Gasteiger charge is -2.40. The molecule has 0 aromatic carbocycles. The molecule has 0 aromatic heterocycles. The zero-order chi connectivity index (χ0) is 12.3. The predicted molar refractivity (Wildman–Crippen MR) is 71.3 cm³/mol. The molecular weight excluding hydrogens is 212 g/mol. The fourth-order valence-electron chi connectivity index (χ4n) is 3.07. The lowest BCUT2D eigenvalue weighted by Crippen LogP contribution is -2.56. The second kappa shape index (κ2) is 6.17. The highest BCUT2D eigenvalue weighted by molar-refractivity contribution is 4.86. The van der Waals surface area contributed by atoms with Crippen molar-refractivity contribution in [3.63, 3.8) is 0 Å². The molecule has 4 atom stereocenters. The van der Waals surface area contributed by atoms with Gasteiger partial charge in [-0.15, -0.1) is 0 Å². The molecule has 0 aliphatic carbocycles. The standard InChI is InChI=1S/C14H28N2O/c1-4-5-13-9-16(11(2)8-15-13)10-14-7-6-12(3)17-14/h11-15H,4-10H2,1-3H3. The van der Waals surface area contributed by atoms with Crippen LogP contribution in [0.25, 0.3) is 0 Å². The van der Waals surface area contributed by atoms with Crippen LogP contribution in [0.5, 0.6) is 0 Å². The van der Waals surface area contributed by atoms with E-state index >= 15 is 0 Å². The Bertz CT molecular complexity index is 234. The molecule has 2 aliphatic heterocycles. The van der Waals surface area contributed by atoms with Crippen molar-refractivity contribution in [2.45, 2.75) is 70.7 Å². The molecule has 3 heteroatoms. The molecule has 1 N–H and O–H groups in total. The highest BCUT2D eigenvalue weighted by Gasteiger charge is 2.29. The Kier molecular flexibility index (Phi) is 4.83. The predicted octanol–water partition coefficient (Wildman–Crippen LogP) is 2.02. The second-order valence-corrected chi connectivity index (χ2v) is 5.84. The van der Waals surface area contributed by atoms with Crippen LogP contribution in [0.3, 0.4) is 0 Å². The molecule has 100 valence electrons. The highest BCUT2D eigenvalue weighted by atomic mass is 16.5. The van der Waals surface area contributed by atoms with E-state index in [0.717, 1.165) is 13.1 Å². The zero-order valence-electron chi connectivity index (χ0n) is 11.6. The molecule has 4 unspecified atom stereocenters. The van der Waals surface area contributed by atoms with E-state index in [1.807, 2.05) is 0 Å². The molecule has 0 bridgehead atoms. The Hall–Kier alpha value is -0.120. The van der Waals surface area contributed by atoms with Gasteiger partial charge in [0.2, 0.25) is 0 Å². The molecule has 0 amide bonds. The maximum atomic E-state index is 5.95. The van der Waals surface area contributed by atoms with Gasteiger partial charge in [-0.1, -0.05) is 13.3 Å². The summed E-state index contributed by atoms with van der Waals surface area (Å²) in [5.41, 5.74) is 0. The molecule has 17 heavy (non-hydrogen) atoms. The van der Waals surface area contributed by atoms with Gasteiger partial charge in [0, 0.05) is 31.7 Å². The monoisotopic (exact) mass is 240 g/mol. The molecule has 2 heterocycles. The zero-order valence-corrected chi connectivity index (χ0v) is 11.6. The first-order valence-electron chi connectivity index (χ1n) is 7.32. The number of nitrogens with zero attached hydrogens (tertiary/aromatic N) is 1. The number of nitrogens with one attached hydrogen (secondary N) is 1. The first-order chi connectivity index (χ1) is 8.19. The van der Waals surface area contributed by atoms with Crippen molar-refractivity contribution < 1.29 is 4.74 Å². The Morgan fingerprint density at radius 3 is 2.76 bits per heavy atom. The van der Waals surface area contributed by atoms with Crippen LogP contribution >= 0.6 is 0 Å². The van der Waals surface area contributed by atoms with Gasteiger partial charge in [0.25, 0.3) is 0 Å². The fraction of sp³-hybridized carbons (Fsp3) is 1.00. The first-order valence-corrected chi connectivity index (χ1v) is 7.32. The highest BCUT2D eigenvalue weighted by Crippen LogP contribution is 2.21. The maximum Gasteiger partial charge on any atom is 0.0706 e. The van der Waals surface area contributed by atoms with E-state index in [9.17, 15) is 0 Å². The van der Waals surface area contributed by atoms with Crippen molar-refractivity contribution in [1.29, 1.82) is 0 Å². The van der Waals surface area contributed by atoms with Gasteiger partial charge in [-0.25, -0.2) is 0 Å². The summed E-state index contributed by atoms with van der Waals surface area (Å²) in [6.45, 7) is 10.3. The minimum absolute atomic E-state index is 0.477. The molecule has 0 saturated carbocycles. The van der Waals surface area contributed by atoms with Gasteiger partial charge in [-0.05, 0) is 33.1 Å². The third kappa shape index (κ3) is 3.67. The van der Waals surface area contributed by atoms with E-state index in [1.165, 1.54) is 32.2 Å². The average Bonchev–Trinajstić information content (AvgIpc) is 2.69. The second-order valence-electron chi connectivity index (χ2n) is 5.84. The van der Waals surface area contributed by atoms with E-state index in [4.69, 9.17) is 4.74 Å². The van der Waals surface area contributed by atoms with E-state index in [0.29, 0.717) is 24.3 Å². The number of hydrogen-bond donors (Lipinski definition) is 1. The summed E-state index contributed by atoms with van der Waals surface area (Å²) in [5, 5.41) is 3.65. The van der Waals surface area contributed by atoms with Crippen LogP contribution in [0.2, 0.25) is 0 Å². The summed E-state index contributed by atoms with van der Waals surface area (Å²) in [5.74, 6) is 0. The van der Waals surface area contributed by atoms with Crippen LogP contribution in [-0.4, -0.2) is 48.8 Å². The van der Waals surface area contributed by atoms with Crippen LogP contribution in [0.4, 0.5) is 0 Å². The van der Waals surface area contributed by atoms with Crippen LogP contribution in [0.15, 0.2) is 0 Å². The number of hydrogen-bond acceptors (Lipinski definition) is 3. The van der Waals surface area contributed by atoms with E-state index < -0.39 is 0 Å². The normalized spacial score (nSPS) is 39.7. The van der Waals surface area contributed by atoms with Gasteiger partial charge in [0.05, 0.1) is 12.2 Å². The summed E-state index contributed by atoms with van der Waals surface area (Å²) in [6.07, 6.45) is 6.01. The Morgan fingerprint density at radius 2 is 2.12 bits per heavy atom. The minimum Gasteiger partial charge on any atom is -0.374 e. The fourth-order valence-corrected chi connectivity index (χ4v) is 3.07. The van der Waals surface area contributed by atoms with Crippen molar-refractivity contribution in [2.75, 3.05) is 19.6 Å². The van der Waals surface area contributed by atoms with Crippen LogP contribution in [0, 0.1) is 0 Å². The summed E-state index contributed by atoms with van der Waals surface area (Å²) < 4.78 is 5.95. The van der Waals surface area contributed by atoms with Gasteiger partial charge in [0.1, 0.15) is 0 Å². The van der Waals surface area contributed by atoms with Gasteiger partial charge in [0.15, 0.2) is 0 Å². The lowest BCUT2D eigenvalue weighted by molar-refractivity contribution is 0.0129. The van der Waals surface area contributed by atoms with Crippen LogP contribution in [0.1, 0.15) is 46.5 Å². The topological polar surface area (TPSA) is 24.5 Å². The number of rotatable bonds is 4. The van der Waals surface area contributed by atoms with Gasteiger partial charge >= 0.3 is 0 Å². The smallest absolute Gasteiger partial charge is 0.0706 e. The van der Waals surface area contributed by atoms with Gasteiger partial charge in [-0.2, -0.15) is 0 Å². The average molecular weight is 240 g/mol. The third-order valence-corrected chi connectivity index (χ3v) is 4.18. The summed E-state index contributed by atoms with van der Waals surface area (Å²) >= 11 is 0. The van der Waals surface area contributed by atoms with Gasteiger partial charge < -0.3 is 10.1 Å². The third-order valence-electron chi connectivity index (χ3n) is 4.18. The quantitative estimate of drug-likeness (QED) is 0.813. The molecule has 0 aromatic rings. The van der Waals surface area contributed by atoms with E-state index in [2.05, 4.69) is 31.0 Å². The SMILES string of the molecule is CCCC1CN(CC2CCC(C)O2)C(C)CN1. The van der Waals surface area contributed by atoms with Crippen molar-refractivity contribution in [2.24, 2.45) is 0 Å². The van der Waals surface area contributed by atoms with E-state index in [1.54, 1.807) is 0 Å². The summed E-state index contributed by atoms with van der Waals surface area (Å²) in [4.78, 5) is 2.62. The van der Waals surface area contributed by atoms with Crippen LogP contribution < -0.4 is 5.32 Å². The lowest BCUT2D eigenvalue weighted by atomic mass is 10.0. The number of ether oxygens (including phenoxy) is 1. The van der Waals surface area contributed by atoms with Crippen molar-refractivity contribution in [1.82, 2.24) is 10.2 Å². The van der Waals surface area contributed by atoms with Crippen molar-refractivity contribution in [3.05, 3.63) is 0 Å². The molecule has 3 nitrogen and oxygen atoms in total. The van der Waals surface area contributed by atoms with Crippen LogP contribution in [-0.2, 0) is 4.74 Å². The molecular formula is C14H28N2O. The number of piperazine rings is 1. The summed E-state index contributed by atoms with van der Waals surface area (Å²) in [7, 11) is 0. The first kappa shape index (κ1) is 13.3. The Labute approximate surface area is 106 Å². The summed E-state index contributed by atoms with van der Waals surface area (Å²) in [6, 6.07) is 1.35. The molecule has 2 aliphatic rings. The molecule has 0 spiro atoms. The molecule has 2 fully saturated rings. The molecule has 2 rings (SSSR count). The van der Waals surface area contributed by atoms with Crippen molar-refractivity contribution in [3.8, 4) is 0 Å². The Morgan fingerprint density at radius 1 is 1.29 bits per heavy atom. The molecule has 2 saturated heterocycles. The van der Waals surface area contributed by atoms with Crippen molar-refractivity contribution >= 4 is 0 Å². The largest absolute Gasteiger partial charge is 0.374 e.